The van der Waals surface area contributed by atoms with Gasteiger partial charge in [0.1, 0.15) is 6.23 Å². The Labute approximate surface area is 118 Å². The van der Waals surface area contributed by atoms with E-state index in [1.54, 1.807) is 0 Å². The molecule has 0 radical (unpaired) electrons. The van der Waals surface area contributed by atoms with E-state index in [1.807, 2.05) is 0 Å². The largest absolute Gasteiger partial charge is 0.381 e. The molecule has 0 bridgehead atoms. The van der Waals surface area contributed by atoms with E-state index in [2.05, 4.69) is 32.6 Å². The molecule has 0 spiro atoms. The van der Waals surface area contributed by atoms with E-state index in [0.717, 1.165) is 32.5 Å². The molecule has 1 N–H and O–H groups in total. The molecule has 0 aromatic carbocycles. The molecule has 0 amide bonds. The molecule has 0 aromatic heterocycles. The van der Waals surface area contributed by atoms with Crippen molar-refractivity contribution in [2.75, 3.05) is 13.2 Å². The Morgan fingerprint density at radius 3 is 2.53 bits per heavy atom. The minimum atomic E-state index is -0.300. The number of nitrogens with zero attached hydrogens (tertiary/aromatic N) is 1. The van der Waals surface area contributed by atoms with Gasteiger partial charge in [-0.05, 0) is 44.4 Å². The van der Waals surface area contributed by atoms with Crippen molar-refractivity contribution < 1.29 is 9.84 Å². The topological polar surface area (TPSA) is 32.7 Å². The Bertz CT molecular complexity index is 288. The summed E-state index contributed by atoms with van der Waals surface area (Å²) in [5, 5.41) is 10.9. The second-order valence-corrected chi connectivity index (χ2v) is 6.90. The fourth-order valence-electron chi connectivity index (χ4n) is 3.89. The number of ether oxygens (including phenoxy) is 1. The molecular weight excluding hydrogens is 238 g/mol. The third kappa shape index (κ3) is 2.98. The molecule has 2 rings (SSSR count). The smallest absolute Gasteiger partial charge is 0.110 e. The molecule has 3 unspecified atom stereocenters. The van der Waals surface area contributed by atoms with Gasteiger partial charge in [-0.25, -0.2) is 0 Å². The van der Waals surface area contributed by atoms with E-state index in [0.29, 0.717) is 18.0 Å². The Kier molecular flexibility index (Phi) is 4.91. The van der Waals surface area contributed by atoms with Crippen molar-refractivity contribution in [2.45, 2.75) is 78.1 Å². The van der Waals surface area contributed by atoms with Crippen LogP contribution in [-0.4, -0.2) is 41.5 Å². The monoisotopic (exact) mass is 269 g/mol. The van der Waals surface area contributed by atoms with Crippen molar-refractivity contribution in [3.63, 3.8) is 0 Å². The average Bonchev–Trinajstić information content (AvgIpc) is 2.79. The molecule has 0 aliphatic carbocycles. The van der Waals surface area contributed by atoms with Gasteiger partial charge < -0.3 is 9.84 Å². The van der Waals surface area contributed by atoms with Gasteiger partial charge in [-0.1, -0.05) is 20.8 Å². The van der Waals surface area contributed by atoms with Gasteiger partial charge in [0, 0.05) is 31.2 Å². The van der Waals surface area contributed by atoms with Crippen LogP contribution in [0.3, 0.4) is 0 Å². The molecule has 2 aliphatic rings. The standard InChI is InChI=1S/C16H31NO2/c1-5-14-7-6-12(2)17(14)15(18)13(3)16(4)8-10-19-11-9-16/h12-15,18H,5-11H2,1-4H3/t12-,13?,14?,15?/m1/s1. The number of hydrogen-bond acceptors (Lipinski definition) is 3. The summed E-state index contributed by atoms with van der Waals surface area (Å²) in [6.07, 6.45) is 5.46. The van der Waals surface area contributed by atoms with Gasteiger partial charge in [-0.3, -0.25) is 4.90 Å². The molecule has 0 saturated carbocycles. The van der Waals surface area contributed by atoms with Crippen LogP contribution in [0.25, 0.3) is 0 Å². The normalized spacial score (nSPS) is 35.2. The number of aliphatic hydroxyl groups excluding tert-OH is 1. The fourth-order valence-corrected chi connectivity index (χ4v) is 3.89. The quantitative estimate of drug-likeness (QED) is 0.851. The predicted octanol–water partition coefficient (Wildman–Crippen LogP) is 3.02. The van der Waals surface area contributed by atoms with Crippen molar-refractivity contribution in [1.82, 2.24) is 4.90 Å². The van der Waals surface area contributed by atoms with Crippen LogP contribution < -0.4 is 0 Å². The van der Waals surface area contributed by atoms with Crippen LogP contribution in [0.4, 0.5) is 0 Å². The number of hydrogen-bond donors (Lipinski definition) is 1. The van der Waals surface area contributed by atoms with Crippen molar-refractivity contribution >= 4 is 0 Å². The van der Waals surface area contributed by atoms with E-state index in [4.69, 9.17) is 4.74 Å². The number of aliphatic hydroxyl groups is 1. The molecule has 2 heterocycles. The SMILES string of the molecule is CCC1CC[C@@H](C)N1C(O)C(C)C1(C)CCOCC1. The van der Waals surface area contributed by atoms with E-state index in [9.17, 15) is 5.11 Å². The van der Waals surface area contributed by atoms with Crippen molar-refractivity contribution in [3.05, 3.63) is 0 Å². The molecule has 2 aliphatic heterocycles. The van der Waals surface area contributed by atoms with Gasteiger partial charge in [-0.15, -0.1) is 0 Å². The maximum atomic E-state index is 10.9. The molecule has 0 aromatic rings. The first-order chi connectivity index (χ1) is 8.99. The zero-order chi connectivity index (χ0) is 14.0. The van der Waals surface area contributed by atoms with E-state index in [1.165, 1.54) is 12.8 Å². The fraction of sp³-hybridized carbons (Fsp3) is 1.00. The second kappa shape index (κ2) is 6.11. The summed E-state index contributed by atoms with van der Waals surface area (Å²) in [5.74, 6) is 0.311. The summed E-state index contributed by atoms with van der Waals surface area (Å²) in [5.41, 5.74) is 0.221. The predicted molar refractivity (Wildman–Crippen MR) is 77.9 cm³/mol. The van der Waals surface area contributed by atoms with Crippen LogP contribution in [-0.2, 0) is 4.74 Å². The minimum absolute atomic E-state index is 0.221. The molecule has 3 heteroatoms. The molecule has 4 atom stereocenters. The highest BCUT2D eigenvalue weighted by Crippen LogP contribution is 2.42. The first-order valence-corrected chi connectivity index (χ1v) is 8.03. The summed E-state index contributed by atoms with van der Waals surface area (Å²) >= 11 is 0. The maximum absolute atomic E-state index is 10.9. The molecule has 2 saturated heterocycles. The third-order valence-corrected chi connectivity index (χ3v) is 5.81. The summed E-state index contributed by atoms with van der Waals surface area (Å²) in [7, 11) is 0. The van der Waals surface area contributed by atoms with Crippen molar-refractivity contribution in [2.24, 2.45) is 11.3 Å². The van der Waals surface area contributed by atoms with Gasteiger partial charge in [0.2, 0.25) is 0 Å². The highest BCUT2D eigenvalue weighted by atomic mass is 16.5. The maximum Gasteiger partial charge on any atom is 0.110 e. The van der Waals surface area contributed by atoms with E-state index in [-0.39, 0.29) is 11.6 Å². The van der Waals surface area contributed by atoms with Crippen molar-refractivity contribution in [1.29, 1.82) is 0 Å². The van der Waals surface area contributed by atoms with Gasteiger partial charge >= 0.3 is 0 Å². The third-order valence-electron chi connectivity index (χ3n) is 5.81. The van der Waals surface area contributed by atoms with E-state index >= 15 is 0 Å². The summed E-state index contributed by atoms with van der Waals surface area (Å²) < 4.78 is 5.49. The summed E-state index contributed by atoms with van der Waals surface area (Å²) in [4.78, 5) is 2.38. The average molecular weight is 269 g/mol. The van der Waals surface area contributed by atoms with Crippen LogP contribution in [0.15, 0.2) is 0 Å². The van der Waals surface area contributed by atoms with E-state index < -0.39 is 0 Å². The minimum Gasteiger partial charge on any atom is -0.381 e. The zero-order valence-corrected chi connectivity index (χ0v) is 13.1. The van der Waals surface area contributed by atoms with Crippen LogP contribution >= 0.6 is 0 Å². The molecule has 19 heavy (non-hydrogen) atoms. The molecular formula is C16H31NO2. The number of likely N-dealkylation sites (tertiary alicyclic amines) is 1. The first-order valence-electron chi connectivity index (χ1n) is 8.03. The van der Waals surface area contributed by atoms with Crippen LogP contribution in [0.1, 0.15) is 59.8 Å². The lowest BCUT2D eigenvalue weighted by Crippen LogP contribution is -2.51. The Morgan fingerprint density at radius 2 is 1.95 bits per heavy atom. The van der Waals surface area contributed by atoms with Crippen LogP contribution in [0.5, 0.6) is 0 Å². The Morgan fingerprint density at radius 1 is 1.32 bits per heavy atom. The Hall–Kier alpha value is -0.120. The highest BCUT2D eigenvalue weighted by molar-refractivity contribution is 4.92. The van der Waals surface area contributed by atoms with Gasteiger partial charge in [0.05, 0.1) is 0 Å². The lowest BCUT2D eigenvalue weighted by atomic mass is 9.71. The Balaban J connectivity index is 2.06. The molecule has 2 fully saturated rings. The lowest BCUT2D eigenvalue weighted by Gasteiger charge is -2.45. The van der Waals surface area contributed by atoms with Crippen molar-refractivity contribution in [3.8, 4) is 0 Å². The summed E-state index contributed by atoms with van der Waals surface area (Å²) in [6, 6.07) is 1.08. The van der Waals surface area contributed by atoms with Gasteiger partial charge in [-0.2, -0.15) is 0 Å². The van der Waals surface area contributed by atoms with Gasteiger partial charge in [0.15, 0.2) is 0 Å². The van der Waals surface area contributed by atoms with Gasteiger partial charge in [0.25, 0.3) is 0 Å². The second-order valence-electron chi connectivity index (χ2n) is 6.90. The lowest BCUT2D eigenvalue weighted by molar-refractivity contribution is -0.117. The highest BCUT2D eigenvalue weighted by Gasteiger charge is 2.43. The molecule has 3 nitrogen and oxygen atoms in total. The zero-order valence-electron chi connectivity index (χ0n) is 13.1. The van der Waals surface area contributed by atoms with Crippen LogP contribution in [0, 0.1) is 11.3 Å². The summed E-state index contributed by atoms with van der Waals surface area (Å²) in [6.45, 7) is 10.8. The molecule has 112 valence electrons. The van der Waals surface area contributed by atoms with Crippen LogP contribution in [0.2, 0.25) is 0 Å². The number of rotatable bonds is 4. The first kappa shape index (κ1) is 15.3.